The third-order valence-electron chi connectivity index (χ3n) is 6.17. The summed E-state index contributed by atoms with van der Waals surface area (Å²) in [5, 5.41) is 5.98. The van der Waals surface area contributed by atoms with Gasteiger partial charge in [0, 0.05) is 35.5 Å². The van der Waals surface area contributed by atoms with Gasteiger partial charge < -0.3 is 20.4 Å². The molecule has 0 radical (unpaired) electrons. The van der Waals surface area contributed by atoms with E-state index in [1.165, 1.54) is 11.1 Å². The van der Waals surface area contributed by atoms with Gasteiger partial charge in [-0.15, -0.1) is 0 Å². The Morgan fingerprint density at radius 3 is 2.39 bits per heavy atom. The lowest BCUT2D eigenvalue weighted by Gasteiger charge is -2.24. The predicted molar refractivity (Wildman–Crippen MR) is 127 cm³/mol. The molecule has 7 heteroatoms. The van der Waals surface area contributed by atoms with E-state index in [1.807, 2.05) is 30.3 Å². The van der Waals surface area contributed by atoms with Gasteiger partial charge in [-0.2, -0.15) is 0 Å². The minimum atomic E-state index is -0.476. The number of rotatable bonds is 3. The number of nitrogens with one attached hydrogen (secondary N) is 2. The first-order valence-electron chi connectivity index (χ1n) is 10.8. The van der Waals surface area contributed by atoms with Gasteiger partial charge in [-0.1, -0.05) is 28.9 Å². The van der Waals surface area contributed by atoms with Gasteiger partial charge in [0.2, 0.25) is 5.91 Å². The molecule has 1 fully saturated rings. The molecule has 1 saturated heterocycles. The van der Waals surface area contributed by atoms with E-state index in [-0.39, 0.29) is 17.9 Å². The topological polar surface area (TPSA) is 64.7 Å². The molecule has 0 bridgehead atoms. The Balaban J connectivity index is 1.44. The van der Waals surface area contributed by atoms with Gasteiger partial charge in [0.15, 0.2) is 0 Å². The minimum Gasteiger partial charge on any atom is -0.324 e. The molecule has 2 aliphatic rings. The molecule has 164 valence electrons. The smallest absolute Gasteiger partial charge is 0.322 e. The number of likely N-dealkylation sites (tertiary alicyclic amines) is 1. The van der Waals surface area contributed by atoms with Crippen LogP contribution in [-0.2, 0) is 17.6 Å². The van der Waals surface area contributed by atoms with E-state index < -0.39 is 6.04 Å². The fourth-order valence-corrected chi connectivity index (χ4v) is 4.65. The number of hydrogen-bond acceptors (Lipinski definition) is 3. The summed E-state index contributed by atoms with van der Waals surface area (Å²) in [6.07, 6.45) is 2.68. The first-order chi connectivity index (χ1) is 14.9. The molecule has 2 aromatic carbocycles. The van der Waals surface area contributed by atoms with Crippen molar-refractivity contribution in [3.8, 4) is 0 Å². The molecule has 2 aliphatic heterocycles. The lowest BCUT2D eigenvalue weighted by molar-refractivity contribution is -0.119. The van der Waals surface area contributed by atoms with Crippen molar-refractivity contribution in [3.63, 3.8) is 0 Å². The maximum atomic E-state index is 13.1. The Labute approximate surface area is 192 Å². The number of carbonyl (C=O) groups is 2. The molecule has 0 aliphatic carbocycles. The van der Waals surface area contributed by atoms with Crippen molar-refractivity contribution in [1.82, 2.24) is 9.80 Å². The summed E-state index contributed by atoms with van der Waals surface area (Å²) in [5.74, 6) is 0.148. The molecule has 2 N–H and O–H groups in total. The van der Waals surface area contributed by atoms with Crippen molar-refractivity contribution in [3.05, 3.63) is 58.1 Å². The molecular weight excluding hydrogens is 456 g/mol. The molecule has 2 atom stereocenters. The highest BCUT2D eigenvalue weighted by molar-refractivity contribution is 9.10. The highest BCUT2D eigenvalue weighted by atomic mass is 79.9. The summed E-state index contributed by atoms with van der Waals surface area (Å²) >= 11 is 3.40. The van der Waals surface area contributed by atoms with Gasteiger partial charge >= 0.3 is 6.03 Å². The van der Waals surface area contributed by atoms with E-state index in [0.717, 1.165) is 36.1 Å². The number of hydrogen-bond donors (Lipinski definition) is 2. The summed E-state index contributed by atoms with van der Waals surface area (Å²) in [6.45, 7) is 4.72. The predicted octanol–water partition coefficient (Wildman–Crippen LogP) is 4.36. The van der Waals surface area contributed by atoms with Crippen molar-refractivity contribution < 1.29 is 9.59 Å². The Hall–Kier alpha value is -2.38. The van der Waals surface area contributed by atoms with E-state index in [4.69, 9.17) is 0 Å². The molecular formula is C24H29BrN4O2. The average molecular weight is 485 g/mol. The van der Waals surface area contributed by atoms with Crippen LogP contribution in [0.5, 0.6) is 0 Å². The first kappa shape index (κ1) is 21.8. The van der Waals surface area contributed by atoms with E-state index in [0.29, 0.717) is 18.7 Å². The van der Waals surface area contributed by atoms with E-state index in [9.17, 15) is 9.59 Å². The second kappa shape index (κ2) is 9.40. The molecule has 0 saturated carbocycles. The van der Waals surface area contributed by atoms with Crippen LogP contribution in [0.1, 0.15) is 24.5 Å². The zero-order chi connectivity index (χ0) is 22.0. The number of carbonyl (C=O) groups excluding carboxylic acids is 2. The molecule has 6 nitrogen and oxygen atoms in total. The van der Waals surface area contributed by atoms with Crippen molar-refractivity contribution in [1.29, 1.82) is 0 Å². The number of halogens is 1. The molecule has 0 aromatic heterocycles. The largest absolute Gasteiger partial charge is 0.324 e. The minimum absolute atomic E-state index is 0.124. The number of urea groups is 1. The second-order valence-corrected chi connectivity index (χ2v) is 9.64. The van der Waals surface area contributed by atoms with Crippen LogP contribution >= 0.6 is 15.9 Å². The quantitative estimate of drug-likeness (QED) is 0.679. The van der Waals surface area contributed by atoms with Crippen molar-refractivity contribution >= 4 is 39.2 Å². The number of anilines is 2. The molecule has 4 rings (SSSR count). The molecule has 2 heterocycles. The Kier molecular flexibility index (Phi) is 6.62. The number of benzene rings is 2. The van der Waals surface area contributed by atoms with E-state index in [1.54, 1.807) is 4.90 Å². The van der Waals surface area contributed by atoms with Gasteiger partial charge in [0.05, 0.1) is 0 Å². The highest BCUT2D eigenvalue weighted by Gasteiger charge is 2.38. The van der Waals surface area contributed by atoms with Crippen LogP contribution in [0.15, 0.2) is 46.9 Å². The summed E-state index contributed by atoms with van der Waals surface area (Å²) in [5.41, 5.74) is 4.17. The summed E-state index contributed by atoms with van der Waals surface area (Å²) < 4.78 is 0.949. The number of nitrogens with zero attached hydrogens (tertiary/aromatic N) is 2. The molecule has 0 unspecified atom stereocenters. The Bertz CT molecular complexity index is 963. The second-order valence-electron chi connectivity index (χ2n) is 8.72. The zero-order valence-corrected chi connectivity index (χ0v) is 19.6. The Morgan fingerprint density at radius 1 is 0.968 bits per heavy atom. The van der Waals surface area contributed by atoms with Crippen LogP contribution in [0.3, 0.4) is 0 Å². The van der Waals surface area contributed by atoms with Gasteiger partial charge in [-0.25, -0.2) is 4.79 Å². The van der Waals surface area contributed by atoms with Crippen LogP contribution in [0, 0.1) is 5.92 Å². The van der Waals surface area contributed by atoms with Crippen LogP contribution in [-0.4, -0.2) is 54.5 Å². The van der Waals surface area contributed by atoms with Crippen LogP contribution in [0.25, 0.3) is 0 Å². The maximum absolute atomic E-state index is 13.1. The maximum Gasteiger partial charge on any atom is 0.322 e. The van der Waals surface area contributed by atoms with E-state index in [2.05, 4.69) is 57.6 Å². The normalized spacial score (nSPS) is 21.3. The fraction of sp³-hybridized carbons (Fsp3) is 0.417. The van der Waals surface area contributed by atoms with Gasteiger partial charge in [0.1, 0.15) is 6.04 Å². The van der Waals surface area contributed by atoms with Crippen LogP contribution in [0.2, 0.25) is 0 Å². The van der Waals surface area contributed by atoms with Crippen molar-refractivity contribution in [2.24, 2.45) is 5.92 Å². The van der Waals surface area contributed by atoms with Crippen molar-refractivity contribution in [2.75, 3.05) is 37.3 Å². The van der Waals surface area contributed by atoms with Gasteiger partial charge in [-0.05, 0) is 79.8 Å². The third-order valence-corrected chi connectivity index (χ3v) is 6.70. The lowest BCUT2D eigenvalue weighted by Crippen LogP contribution is -2.45. The molecule has 31 heavy (non-hydrogen) atoms. The highest BCUT2D eigenvalue weighted by Crippen LogP contribution is 2.26. The summed E-state index contributed by atoms with van der Waals surface area (Å²) in [7, 11) is 2.14. The molecule has 0 spiro atoms. The van der Waals surface area contributed by atoms with Crippen LogP contribution < -0.4 is 10.6 Å². The first-order valence-corrected chi connectivity index (χ1v) is 11.6. The standard InChI is InChI=1S/C24H29BrN4O2/c1-16-13-22(29(15-16)24(31)27-20-7-4-19(25)5-8-20)23(30)26-21-6-3-17-9-11-28(2)12-10-18(17)14-21/h3-8,14,16,22H,9-13,15H2,1-2H3,(H,26,30)(H,27,31)/t16-,22-/m1/s1. The summed E-state index contributed by atoms with van der Waals surface area (Å²) in [6, 6.07) is 12.9. The zero-order valence-electron chi connectivity index (χ0n) is 18.0. The summed E-state index contributed by atoms with van der Waals surface area (Å²) in [4.78, 5) is 30.0. The van der Waals surface area contributed by atoms with Gasteiger partial charge in [0.25, 0.3) is 0 Å². The average Bonchev–Trinajstić information content (AvgIpc) is 3.05. The molecule has 3 amide bonds. The lowest BCUT2D eigenvalue weighted by atomic mass is 10.0. The fourth-order valence-electron chi connectivity index (χ4n) is 4.39. The van der Waals surface area contributed by atoms with Gasteiger partial charge in [-0.3, -0.25) is 4.79 Å². The monoisotopic (exact) mass is 484 g/mol. The Morgan fingerprint density at radius 2 is 1.65 bits per heavy atom. The van der Waals surface area contributed by atoms with E-state index >= 15 is 0 Å². The SMILES string of the molecule is C[C@@H]1C[C@H](C(=O)Nc2ccc3c(c2)CCN(C)CC3)N(C(=O)Nc2ccc(Br)cc2)C1. The number of fused-ring (bicyclic) bond motifs is 1. The van der Waals surface area contributed by atoms with Crippen molar-refractivity contribution in [2.45, 2.75) is 32.2 Å². The molecule has 2 aromatic rings. The third kappa shape index (κ3) is 5.28. The number of amides is 3. The van der Waals surface area contributed by atoms with Crippen LogP contribution in [0.4, 0.5) is 16.2 Å². The number of likely N-dealkylation sites (N-methyl/N-ethyl adjacent to an activating group) is 1.